The number of carboxylic acids is 1. The average Bonchev–Trinajstić information content (AvgIpc) is 2.64. The lowest BCUT2D eigenvalue weighted by atomic mass is 10.2. The largest absolute Gasteiger partial charge is 0.476 e. The first kappa shape index (κ1) is 27.6. The van der Waals surface area contributed by atoms with E-state index in [2.05, 4.69) is 19.6 Å². The molecule has 170 valence electrons. The van der Waals surface area contributed by atoms with E-state index in [4.69, 9.17) is 33.2 Å². The van der Waals surface area contributed by atoms with E-state index < -0.39 is 26.0 Å². The predicted molar refractivity (Wildman–Crippen MR) is 105 cm³/mol. The van der Waals surface area contributed by atoms with E-state index in [-0.39, 0.29) is 26.1 Å². The Balaban J connectivity index is 3.23. The molecule has 1 N–H and O–H groups in total. The molecule has 10 nitrogen and oxygen atoms in total. The molecular formula is C18H34O10Si. The molecule has 0 atom stereocenters. The zero-order valence-electron chi connectivity index (χ0n) is 17.6. The predicted octanol–water partition coefficient (Wildman–Crippen LogP) is 0.881. The Morgan fingerprint density at radius 2 is 1.07 bits per heavy atom. The molecule has 0 fully saturated rings. The molecule has 0 aromatic rings. The number of hydrogen-bond acceptors (Lipinski definition) is 9. The van der Waals surface area contributed by atoms with Crippen molar-refractivity contribution in [1.29, 1.82) is 0 Å². The minimum absolute atomic E-state index is 0.0339. The fraction of sp³-hybridized carbons (Fsp3) is 0.833. The molecule has 0 aliphatic heterocycles. The quantitative estimate of drug-likeness (QED) is 0.127. The summed E-state index contributed by atoms with van der Waals surface area (Å²) in [5.74, 6) is -3.20. The lowest BCUT2D eigenvalue weighted by molar-refractivity contribution is -0.151. The van der Waals surface area contributed by atoms with Crippen LogP contribution in [0, 0.1) is 0 Å². The van der Waals surface area contributed by atoms with Gasteiger partial charge in [0.2, 0.25) is 5.78 Å². The normalized spacial score (nSPS) is 11.4. The fourth-order valence-electron chi connectivity index (χ4n) is 1.78. The highest BCUT2D eigenvalue weighted by Gasteiger charge is 2.14. The van der Waals surface area contributed by atoms with Gasteiger partial charge in [0.25, 0.3) is 0 Å². The van der Waals surface area contributed by atoms with Crippen LogP contribution in [0.5, 0.6) is 0 Å². The van der Waals surface area contributed by atoms with Crippen LogP contribution in [0.2, 0.25) is 19.6 Å². The second kappa shape index (κ2) is 17.5. The van der Waals surface area contributed by atoms with Crippen molar-refractivity contribution in [2.24, 2.45) is 0 Å². The van der Waals surface area contributed by atoms with Gasteiger partial charge in [0.15, 0.2) is 8.32 Å². The summed E-state index contributed by atoms with van der Waals surface area (Å²) in [6.07, 6.45) is -0.629. The van der Waals surface area contributed by atoms with Crippen molar-refractivity contribution in [3.63, 3.8) is 0 Å². The van der Waals surface area contributed by atoms with Gasteiger partial charge in [0.1, 0.15) is 6.61 Å². The molecule has 0 unspecified atom stereocenters. The third-order valence-corrected chi connectivity index (χ3v) is 4.23. The maximum absolute atomic E-state index is 11.3. The van der Waals surface area contributed by atoms with E-state index in [0.29, 0.717) is 52.9 Å². The van der Waals surface area contributed by atoms with Gasteiger partial charge >= 0.3 is 11.9 Å². The van der Waals surface area contributed by atoms with E-state index in [9.17, 15) is 14.4 Å². The van der Waals surface area contributed by atoms with Gasteiger partial charge in [-0.05, 0) is 19.6 Å². The first-order valence-corrected chi connectivity index (χ1v) is 13.0. The molecule has 0 spiro atoms. The van der Waals surface area contributed by atoms with Crippen LogP contribution in [0.25, 0.3) is 0 Å². The van der Waals surface area contributed by atoms with Crippen LogP contribution >= 0.6 is 0 Å². The molecule has 0 aromatic carbocycles. The number of ketones is 1. The Kier molecular flexibility index (Phi) is 16.7. The fourth-order valence-corrected chi connectivity index (χ4v) is 2.47. The lowest BCUT2D eigenvalue weighted by Crippen LogP contribution is -2.27. The number of carboxylic acid groups (broad SMARTS) is 1. The van der Waals surface area contributed by atoms with Gasteiger partial charge in [0, 0.05) is 6.42 Å². The molecule has 0 bridgehead atoms. The van der Waals surface area contributed by atoms with Gasteiger partial charge in [-0.25, -0.2) is 4.79 Å². The lowest BCUT2D eigenvalue weighted by Gasteiger charge is -2.16. The molecule has 11 heteroatoms. The number of ether oxygens (including phenoxy) is 5. The molecule has 29 heavy (non-hydrogen) atoms. The number of aliphatic carboxylic acids is 1. The van der Waals surface area contributed by atoms with Crippen molar-refractivity contribution >= 4 is 26.0 Å². The van der Waals surface area contributed by atoms with Gasteiger partial charge in [-0.2, -0.15) is 0 Å². The number of hydrogen-bond donors (Lipinski definition) is 1. The third kappa shape index (κ3) is 21.2. The summed E-state index contributed by atoms with van der Waals surface area (Å²) in [5.41, 5.74) is 0. The second-order valence-corrected chi connectivity index (χ2v) is 11.4. The number of esters is 1. The summed E-state index contributed by atoms with van der Waals surface area (Å²) in [6, 6.07) is 0. The third-order valence-electron chi connectivity index (χ3n) is 3.16. The maximum atomic E-state index is 11.3. The van der Waals surface area contributed by atoms with E-state index in [1.54, 1.807) is 0 Å². The topological polar surface area (TPSA) is 127 Å². The van der Waals surface area contributed by atoms with Crippen molar-refractivity contribution in [2.45, 2.75) is 32.5 Å². The Morgan fingerprint density at radius 3 is 1.48 bits per heavy atom. The average molecular weight is 439 g/mol. The Bertz CT molecular complexity index is 464. The Hall–Kier alpha value is -1.37. The molecule has 0 saturated heterocycles. The van der Waals surface area contributed by atoms with Crippen LogP contribution < -0.4 is 0 Å². The Labute approximate surface area is 172 Å². The molecular weight excluding hydrogens is 404 g/mol. The smallest absolute Gasteiger partial charge is 0.372 e. The highest BCUT2D eigenvalue weighted by molar-refractivity contribution is 6.69. The maximum Gasteiger partial charge on any atom is 0.372 e. The molecule has 0 aromatic heterocycles. The first-order chi connectivity index (χ1) is 13.7. The van der Waals surface area contributed by atoms with Gasteiger partial charge in [0.05, 0.1) is 65.9 Å². The standard InChI is InChI=1S/C18H34O10Si/c1-29(2,3)28-15-13-26-11-9-24-7-6-23-8-10-25-12-14-27-17(20)5-4-16(19)18(21)22/h4-15H2,1-3H3,(H,21,22). The first-order valence-electron chi connectivity index (χ1n) is 9.59. The van der Waals surface area contributed by atoms with Crippen molar-refractivity contribution < 1.29 is 47.6 Å². The van der Waals surface area contributed by atoms with Gasteiger partial charge in [-0.3, -0.25) is 9.59 Å². The summed E-state index contributed by atoms with van der Waals surface area (Å²) in [6.45, 7) is 10.4. The molecule has 0 radical (unpaired) electrons. The summed E-state index contributed by atoms with van der Waals surface area (Å²) < 4.78 is 31.8. The number of Topliss-reactive ketones (excluding diaryl/α,β-unsaturated/α-hetero) is 1. The summed E-state index contributed by atoms with van der Waals surface area (Å²) in [7, 11) is -1.47. The van der Waals surface area contributed by atoms with Crippen molar-refractivity contribution in [1.82, 2.24) is 0 Å². The molecule has 0 aliphatic rings. The summed E-state index contributed by atoms with van der Waals surface area (Å²) in [5, 5.41) is 8.38. The van der Waals surface area contributed by atoms with Crippen LogP contribution in [0.4, 0.5) is 0 Å². The van der Waals surface area contributed by atoms with Crippen LogP contribution in [0.15, 0.2) is 0 Å². The SMILES string of the molecule is C[Si](C)(C)OCCOCCOCCOCCOCCOC(=O)CCC(=O)C(=O)O. The van der Waals surface area contributed by atoms with Crippen molar-refractivity contribution in [3.8, 4) is 0 Å². The summed E-state index contributed by atoms with van der Waals surface area (Å²) in [4.78, 5) is 32.4. The van der Waals surface area contributed by atoms with Crippen LogP contribution in [0.3, 0.4) is 0 Å². The van der Waals surface area contributed by atoms with E-state index in [0.717, 1.165) is 0 Å². The highest BCUT2D eigenvalue weighted by Crippen LogP contribution is 2.01. The Morgan fingerprint density at radius 1 is 0.655 bits per heavy atom. The highest BCUT2D eigenvalue weighted by atomic mass is 28.4. The van der Waals surface area contributed by atoms with Crippen molar-refractivity contribution in [2.75, 3.05) is 66.1 Å². The van der Waals surface area contributed by atoms with Crippen LogP contribution in [0.1, 0.15) is 12.8 Å². The zero-order valence-corrected chi connectivity index (χ0v) is 18.6. The molecule has 0 saturated carbocycles. The van der Waals surface area contributed by atoms with E-state index in [1.807, 2.05) is 0 Å². The van der Waals surface area contributed by atoms with E-state index >= 15 is 0 Å². The van der Waals surface area contributed by atoms with Gasteiger partial charge < -0.3 is 33.2 Å². The second-order valence-electron chi connectivity index (χ2n) is 6.86. The number of carbonyl (C=O) groups is 3. The molecule has 0 amide bonds. The zero-order chi connectivity index (χ0) is 22.0. The van der Waals surface area contributed by atoms with Crippen LogP contribution in [-0.4, -0.2) is 97.2 Å². The monoisotopic (exact) mass is 438 g/mol. The van der Waals surface area contributed by atoms with E-state index in [1.165, 1.54) is 0 Å². The number of carbonyl (C=O) groups excluding carboxylic acids is 2. The minimum Gasteiger partial charge on any atom is -0.476 e. The van der Waals surface area contributed by atoms with Crippen LogP contribution in [-0.2, 0) is 42.5 Å². The summed E-state index contributed by atoms with van der Waals surface area (Å²) >= 11 is 0. The molecule has 0 rings (SSSR count). The van der Waals surface area contributed by atoms with Gasteiger partial charge in [-0.15, -0.1) is 0 Å². The van der Waals surface area contributed by atoms with Gasteiger partial charge in [-0.1, -0.05) is 0 Å². The minimum atomic E-state index is -1.55. The molecule has 0 heterocycles. The number of rotatable bonds is 20. The molecule has 0 aliphatic carbocycles. The van der Waals surface area contributed by atoms with Crippen molar-refractivity contribution in [3.05, 3.63) is 0 Å².